The molecule has 1 unspecified atom stereocenters. The molecule has 0 saturated carbocycles. The van der Waals surface area contributed by atoms with E-state index in [2.05, 4.69) is 59.8 Å². The van der Waals surface area contributed by atoms with Crippen molar-refractivity contribution >= 4 is 22.6 Å². The van der Waals surface area contributed by atoms with E-state index in [4.69, 9.17) is 0 Å². The molecule has 0 aromatic heterocycles. The molecule has 0 nitrogen and oxygen atoms in total. The molecule has 1 aromatic carbocycles. The van der Waals surface area contributed by atoms with Crippen LogP contribution in [0.2, 0.25) is 0 Å². The van der Waals surface area contributed by atoms with Crippen molar-refractivity contribution in [2.75, 3.05) is 0 Å². The second kappa shape index (κ2) is 4.75. The van der Waals surface area contributed by atoms with Gasteiger partial charge in [-0.3, -0.25) is 0 Å². The van der Waals surface area contributed by atoms with Crippen molar-refractivity contribution in [1.29, 1.82) is 0 Å². The van der Waals surface area contributed by atoms with Gasteiger partial charge in [0, 0.05) is 3.92 Å². The Bertz CT molecular complexity index is 191. The molecule has 0 aliphatic heterocycles. The number of rotatable bonds is 3. The van der Waals surface area contributed by atoms with Gasteiger partial charge in [0.15, 0.2) is 0 Å². The third-order valence-electron chi connectivity index (χ3n) is 1.67. The summed E-state index contributed by atoms with van der Waals surface area (Å²) in [6, 6.07) is 10.7. The van der Waals surface area contributed by atoms with Gasteiger partial charge in [0.05, 0.1) is 0 Å². The number of benzene rings is 1. The van der Waals surface area contributed by atoms with Crippen molar-refractivity contribution < 1.29 is 0 Å². The fourth-order valence-corrected chi connectivity index (χ4v) is 1.32. The van der Waals surface area contributed by atoms with E-state index in [-0.39, 0.29) is 0 Å². The standard InChI is InChI=1S/C10H13I/c1-9(11)7-8-10-5-3-2-4-6-10/h2-6,9H,7-8H2,1H3. The van der Waals surface area contributed by atoms with Gasteiger partial charge in [-0.1, -0.05) is 59.8 Å². The molecule has 0 aliphatic rings. The van der Waals surface area contributed by atoms with Gasteiger partial charge in [-0.15, -0.1) is 0 Å². The van der Waals surface area contributed by atoms with Gasteiger partial charge in [0.2, 0.25) is 0 Å². The Morgan fingerprint density at radius 3 is 2.45 bits per heavy atom. The molecule has 60 valence electrons. The number of alkyl halides is 1. The Morgan fingerprint density at radius 1 is 1.27 bits per heavy atom. The summed E-state index contributed by atoms with van der Waals surface area (Å²) >= 11 is 2.47. The number of halogens is 1. The first-order valence-electron chi connectivity index (χ1n) is 3.97. The Morgan fingerprint density at radius 2 is 1.91 bits per heavy atom. The lowest BCUT2D eigenvalue weighted by Gasteiger charge is -2.01. The lowest BCUT2D eigenvalue weighted by molar-refractivity contribution is 0.833. The molecule has 0 bridgehead atoms. The van der Waals surface area contributed by atoms with Crippen LogP contribution in [-0.4, -0.2) is 3.92 Å². The van der Waals surface area contributed by atoms with Gasteiger partial charge >= 0.3 is 0 Å². The molecule has 1 heteroatoms. The molecule has 11 heavy (non-hydrogen) atoms. The lowest BCUT2D eigenvalue weighted by atomic mass is 10.1. The van der Waals surface area contributed by atoms with E-state index in [0.29, 0.717) is 0 Å². The number of hydrogen-bond donors (Lipinski definition) is 0. The zero-order valence-electron chi connectivity index (χ0n) is 6.76. The SMILES string of the molecule is CC(I)CCc1ccccc1. The average Bonchev–Trinajstić information content (AvgIpc) is 2.03. The second-order valence-electron chi connectivity index (χ2n) is 2.81. The fraction of sp³-hybridized carbons (Fsp3) is 0.400. The summed E-state index contributed by atoms with van der Waals surface area (Å²) in [5, 5.41) is 0. The van der Waals surface area contributed by atoms with Crippen LogP contribution >= 0.6 is 22.6 Å². The van der Waals surface area contributed by atoms with Crippen LogP contribution in [0.5, 0.6) is 0 Å². The average molecular weight is 260 g/mol. The molecule has 1 atom stereocenters. The van der Waals surface area contributed by atoms with Crippen LogP contribution in [0, 0.1) is 0 Å². The first kappa shape index (κ1) is 9.04. The highest BCUT2D eigenvalue weighted by Gasteiger charge is 1.95. The van der Waals surface area contributed by atoms with E-state index in [1.807, 2.05) is 0 Å². The topological polar surface area (TPSA) is 0 Å². The number of hydrogen-bond acceptors (Lipinski definition) is 0. The molecular formula is C10H13I. The Labute approximate surface area is 82.2 Å². The minimum atomic E-state index is 0.785. The van der Waals surface area contributed by atoms with Crippen molar-refractivity contribution in [3.05, 3.63) is 35.9 Å². The maximum atomic E-state index is 2.47. The Kier molecular flexibility index (Phi) is 3.91. The highest BCUT2D eigenvalue weighted by molar-refractivity contribution is 14.1. The summed E-state index contributed by atoms with van der Waals surface area (Å²) in [5.41, 5.74) is 1.45. The summed E-state index contributed by atoms with van der Waals surface area (Å²) < 4.78 is 0.785. The first-order chi connectivity index (χ1) is 5.29. The highest BCUT2D eigenvalue weighted by Crippen LogP contribution is 2.09. The maximum Gasteiger partial charge on any atom is 0.00844 e. The van der Waals surface area contributed by atoms with Gasteiger partial charge in [-0.05, 0) is 18.4 Å². The van der Waals surface area contributed by atoms with E-state index < -0.39 is 0 Å². The van der Waals surface area contributed by atoms with E-state index in [0.717, 1.165) is 3.92 Å². The predicted octanol–water partition coefficient (Wildman–Crippen LogP) is 3.44. The minimum absolute atomic E-state index is 0.785. The van der Waals surface area contributed by atoms with Crippen molar-refractivity contribution in [1.82, 2.24) is 0 Å². The summed E-state index contributed by atoms with van der Waals surface area (Å²) in [4.78, 5) is 0. The smallest absolute Gasteiger partial charge is 0.00844 e. The summed E-state index contributed by atoms with van der Waals surface area (Å²) in [6.07, 6.45) is 2.50. The zero-order chi connectivity index (χ0) is 8.10. The van der Waals surface area contributed by atoms with Crippen LogP contribution in [0.1, 0.15) is 18.9 Å². The molecule has 1 aromatic rings. The van der Waals surface area contributed by atoms with Crippen LogP contribution in [0.4, 0.5) is 0 Å². The van der Waals surface area contributed by atoms with Gasteiger partial charge in [-0.25, -0.2) is 0 Å². The molecule has 0 aliphatic carbocycles. The molecule has 0 spiro atoms. The van der Waals surface area contributed by atoms with Gasteiger partial charge < -0.3 is 0 Å². The van der Waals surface area contributed by atoms with Crippen LogP contribution in [-0.2, 0) is 6.42 Å². The van der Waals surface area contributed by atoms with Crippen LogP contribution < -0.4 is 0 Å². The predicted molar refractivity (Wildman–Crippen MR) is 58.2 cm³/mol. The molecule has 0 saturated heterocycles. The molecule has 0 radical (unpaired) electrons. The summed E-state index contributed by atoms with van der Waals surface area (Å²) in [6.45, 7) is 2.25. The van der Waals surface area contributed by atoms with Crippen LogP contribution in [0.25, 0.3) is 0 Å². The quantitative estimate of drug-likeness (QED) is 0.577. The van der Waals surface area contributed by atoms with Crippen LogP contribution in [0.15, 0.2) is 30.3 Å². The largest absolute Gasteiger partial charge is 0.0829 e. The molecular weight excluding hydrogens is 247 g/mol. The van der Waals surface area contributed by atoms with Gasteiger partial charge in [-0.2, -0.15) is 0 Å². The molecule has 0 heterocycles. The molecule has 0 amide bonds. The minimum Gasteiger partial charge on any atom is -0.0829 e. The summed E-state index contributed by atoms with van der Waals surface area (Å²) in [5.74, 6) is 0. The van der Waals surface area contributed by atoms with E-state index in [1.54, 1.807) is 0 Å². The normalized spacial score (nSPS) is 12.9. The molecule has 0 fully saturated rings. The van der Waals surface area contributed by atoms with E-state index in [1.165, 1.54) is 18.4 Å². The number of aryl methyl sites for hydroxylation is 1. The van der Waals surface area contributed by atoms with Crippen LogP contribution in [0.3, 0.4) is 0 Å². The molecule has 1 rings (SSSR count). The van der Waals surface area contributed by atoms with Gasteiger partial charge in [0.25, 0.3) is 0 Å². The highest BCUT2D eigenvalue weighted by atomic mass is 127. The van der Waals surface area contributed by atoms with Crippen molar-refractivity contribution in [3.63, 3.8) is 0 Å². The fourth-order valence-electron chi connectivity index (χ4n) is 1.01. The van der Waals surface area contributed by atoms with Crippen molar-refractivity contribution in [2.24, 2.45) is 0 Å². The van der Waals surface area contributed by atoms with Gasteiger partial charge in [0.1, 0.15) is 0 Å². The lowest BCUT2D eigenvalue weighted by Crippen LogP contribution is -1.92. The molecule has 0 N–H and O–H groups in total. The van der Waals surface area contributed by atoms with Crippen molar-refractivity contribution in [2.45, 2.75) is 23.7 Å². The Hall–Kier alpha value is -0.0500. The third-order valence-corrected chi connectivity index (χ3v) is 2.30. The first-order valence-corrected chi connectivity index (χ1v) is 5.21. The zero-order valence-corrected chi connectivity index (χ0v) is 8.91. The monoisotopic (exact) mass is 260 g/mol. The van der Waals surface area contributed by atoms with E-state index in [9.17, 15) is 0 Å². The van der Waals surface area contributed by atoms with Crippen molar-refractivity contribution in [3.8, 4) is 0 Å². The summed E-state index contributed by atoms with van der Waals surface area (Å²) in [7, 11) is 0. The Balaban J connectivity index is 2.39. The maximum absolute atomic E-state index is 2.47. The third kappa shape index (κ3) is 3.75. The van der Waals surface area contributed by atoms with E-state index >= 15 is 0 Å². The second-order valence-corrected chi connectivity index (χ2v) is 4.93.